The lowest BCUT2D eigenvalue weighted by atomic mass is 10.4. The number of rotatable bonds is 2. The van der Waals surface area contributed by atoms with Crippen molar-refractivity contribution in [2.45, 2.75) is 6.42 Å². The maximum Gasteiger partial charge on any atom is 0.412 e. The van der Waals surface area contributed by atoms with Crippen LogP contribution < -0.4 is 5.73 Å². The molecule has 0 spiro atoms. The third-order valence-corrected chi connectivity index (χ3v) is 0.525. The van der Waals surface area contributed by atoms with Crippen molar-refractivity contribution in [1.29, 1.82) is 0 Å². The zero-order valence-electron chi connectivity index (χ0n) is 4.79. The molecule has 9 heavy (non-hydrogen) atoms. The lowest BCUT2D eigenvalue weighted by Gasteiger charge is -1.92. The van der Waals surface area contributed by atoms with E-state index in [1.807, 2.05) is 0 Å². The molecular formula is C5H7NO3. The van der Waals surface area contributed by atoms with Crippen LogP contribution in [0.1, 0.15) is 6.42 Å². The third-order valence-electron chi connectivity index (χ3n) is 0.525. The Morgan fingerprint density at radius 2 is 2.22 bits per heavy atom. The number of carbonyl (C=O) groups excluding carboxylic acids is 2. The number of carbonyl (C=O) groups is 2. The molecule has 0 heterocycles. The Kier molecular flexibility index (Phi) is 3.12. The maximum atomic E-state index is 10.3. The normalized spacial score (nSPS) is 8.00. The number of primary amides is 1. The van der Waals surface area contributed by atoms with Gasteiger partial charge in [-0.25, -0.2) is 4.79 Å². The molecule has 0 aliphatic carbocycles. The van der Waals surface area contributed by atoms with Gasteiger partial charge in [0.25, 0.3) is 0 Å². The second-order valence-corrected chi connectivity index (χ2v) is 1.29. The Hall–Kier alpha value is -1.32. The highest BCUT2D eigenvalue weighted by atomic mass is 16.6. The molecule has 0 radical (unpaired) electrons. The van der Waals surface area contributed by atoms with E-state index in [1.165, 1.54) is 6.08 Å². The quantitative estimate of drug-likeness (QED) is 0.328. The van der Waals surface area contributed by atoms with Gasteiger partial charge in [0.05, 0.1) is 6.42 Å². The molecule has 0 bridgehead atoms. The summed E-state index contributed by atoms with van der Waals surface area (Å²) in [6.45, 7) is 3.25. The molecule has 50 valence electrons. The molecule has 0 aliphatic rings. The van der Waals surface area contributed by atoms with Crippen molar-refractivity contribution in [3.8, 4) is 0 Å². The molecule has 0 fully saturated rings. The third kappa shape index (κ3) is 4.53. The molecule has 0 unspecified atom stereocenters. The van der Waals surface area contributed by atoms with Crippen molar-refractivity contribution in [2.24, 2.45) is 5.73 Å². The topological polar surface area (TPSA) is 69.4 Å². The van der Waals surface area contributed by atoms with Crippen molar-refractivity contribution in [2.75, 3.05) is 0 Å². The van der Waals surface area contributed by atoms with Gasteiger partial charge >= 0.3 is 12.1 Å². The van der Waals surface area contributed by atoms with Gasteiger partial charge in [0.15, 0.2) is 0 Å². The summed E-state index contributed by atoms with van der Waals surface area (Å²) < 4.78 is 3.92. The number of nitrogens with two attached hydrogens (primary N) is 1. The van der Waals surface area contributed by atoms with Crippen LogP contribution in [0.5, 0.6) is 0 Å². The van der Waals surface area contributed by atoms with Gasteiger partial charge in [0.1, 0.15) is 0 Å². The molecule has 0 aliphatic heterocycles. The Labute approximate surface area is 52.3 Å². The second-order valence-electron chi connectivity index (χ2n) is 1.29. The Morgan fingerprint density at radius 1 is 1.67 bits per heavy atom. The largest absolute Gasteiger partial charge is 0.412 e. The summed E-state index contributed by atoms with van der Waals surface area (Å²) in [7, 11) is 0. The molecule has 0 saturated carbocycles. The van der Waals surface area contributed by atoms with Crippen LogP contribution in [0.3, 0.4) is 0 Å². The first-order valence-electron chi connectivity index (χ1n) is 2.28. The molecule has 0 aromatic heterocycles. The van der Waals surface area contributed by atoms with E-state index in [-0.39, 0.29) is 6.42 Å². The molecule has 0 aromatic carbocycles. The van der Waals surface area contributed by atoms with E-state index in [9.17, 15) is 9.59 Å². The number of hydrogen-bond acceptors (Lipinski definition) is 3. The first kappa shape index (κ1) is 7.68. The van der Waals surface area contributed by atoms with E-state index in [1.54, 1.807) is 0 Å². The van der Waals surface area contributed by atoms with Gasteiger partial charge in [-0.15, -0.1) is 6.58 Å². The highest BCUT2D eigenvalue weighted by Gasteiger charge is 2.01. The molecule has 1 amide bonds. The number of esters is 1. The summed E-state index contributed by atoms with van der Waals surface area (Å²) in [4.78, 5) is 20.1. The molecule has 0 rings (SSSR count). The Balaban J connectivity index is 3.50. The van der Waals surface area contributed by atoms with E-state index in [4.69, 9.17) is 0 Å². The zero-order valence-corrected chi connectivity index (χ0v) is 4.79. The van der Waals surface area contributed by atoms with Crippen LogP contribution in [0.15, 0.2) is 12.7 Å². The first-order valence-corrected chi connectivity index (χ1v) is 2.28. The van der Waals surface area contributed by atoms with Crippen molar-refractivity contribution in [1.82, 2.24) is 0 Å². The van der Waals surface area contributed by atoms with Crippen molar-refractivity contribution >= 4 is 12.1 Å². The summed E-state index contributed by atoms with van der Waals surface area (Å²) in [5, 5.41) is 0. The standard InChI is InChI=1S/C5H7NO3/c1-2-3-4(7)9-5(6)8/h2H,1,3H2,(H2,6,8). The minimum atomic E-state index is -1.08. The summed E-state index contributed by atoms with van der Waals surface area (Å²) in [6.07, 6.45) is 0.246. The van der Waals surface area contributed by atoms with E-state index in [2.05, 4.69) is 17.0 Å². The fourth-order valence-corrected chi connectivity index (χ4v) is 0.272. The Morgan fingerprint density at radius 3 is 2.56 bits per heavy atom. The predicted octanol–water partition coefficient (Wildman–Crippen LogP) is 0.184. The minimum absolute atomic E-state index is 0.00292. The smallest absolute Gasteiger partial charge is 0.376 e. The van der Waals surface area contributed by atoms with E-state index in [0.717, 1.165) is 0 Å². The summed E-state index contributed by atoms with van der Waals surface area (Å²) in [5.74, 6) is -0.683. The van der Waals surface area contributed by atoms with Crippen LogP contribution in [-0.4, -0.2) is 12.1 Å². The number of amides is 1. The van der Waals surface area contributed by atoms with E-state index < -0.39 is 12.1 Å². The summed E-state index contributed by atoms with van der Waals surface area (Å²) >= 11 is 0. The molecule has 0 saturated heterocycles. The lowest BCUT2D eigenvalue weighted by Crippen LogP contribution is -2.17. The summed E-state index contributed by atoms with van der Waals surface area (Å²) in [6, 6.07) is 0. The van der Waals surface area contributed by atoms with Crippen molar-refractivity contribution in [3.63, 3.8) is 0 Å². The van der Waals surface area contributed by atoms with Crippen LogP contribution in [0.2, 0.25) is 0 Å². The monoisotopic (exact) mass is 129 g/mol. The van der Waals surface area contributed by atoms with E-state index in [0.29, 0.717) is 0 Å². The van der Waals surface area contributed by atoms with Gasteiger partial charge < -0.3 is 10.5 Å². The molecule has 4 nitrogen and oxygen atoms in total. The van der Waals surface area contributed by atoms with Crippen LogP contribution >= 0.6 is 0 Å². The van der Waals surface area contributed by atoms with Gasteiger partial charge in [0, 0.05) is 0 Å². The number of hydrogen-bond donors (Lipinski definition) is 1. The fourth-order valence-electron chi connectivity index (χ4n) is 0.272. The van der Waals surface area contributed by atoms with Crippen molar-refractivity contribution in [3.05, 3.63) is 12.7 Å². The molecule has 0 atom stereocenters. The first-order chi connectivity index (χ1) is 4.16. The number of ether oxygens (including phenoxy) is 1. The van der Waals surface area contributed by atoms with Gasteiger partial charge in [-0.2, -0.15) is 0 Å². The fraction of sp³-hybridized carbons (Fsp3) is 0.200. The van der Waals surface area contributed by atoms with Gasteiger partial charge in [-0.3, -0.25) is 4.79 Å². The molecule has 4 heteroatoms. The minimum Gasteiger partial charge on any atom is -0.376 e. The zero-order chi connectivity index (χ0) is 7.28. The molecule has 0 aromatic rings. The lowest BCUT2D eigenvalue weighted by molar-refractivity contribution is -0.136. The average Bonchev–Trinajstić information content (AvgIpc) is 1.63. The predicted molar refractivity (Wildman–Crippen MR) is 30.5 cm³/mol. The van der Waals surface area contributed by atoms with Crippen LogP contribution in [0.4, 0.5) is 4.79 Å². The van der Waals surface area contributed by atoms with Crippen LogP contribution in [0.25, 0.3) is 0 Å². The van der Waals surface area contributed by atoms with Crippen LogP contribution in [0, 0.1) is 0 Å². The highest BCUT2D eigenvalue weighted by molar-refractivity contribution is 5.84. The highest BCUT2D eigenvalue weighted by Crippen LogP contribution is 1.84. The van der Waals surface area contributed by atoms with E-state index >= 15 is 0 Å². The summed E-state index contributed by atoms with van der Waals surface area (Å²) in [5.41, 5.74) is 4.51. The second kappa shape index (κ2) is 3.65. The van der Waals surface area contributed by atoms with Crippen LogP contribution in [-0.2, 0) is 9.53 Å². The SMILES string of the molecule is C=CCC(=O)OC(N)=O. The molecular weight excluding hydrogens is 122 g/mol. The van der Waals surface area contributed by atoms with Gasteiger partial charge in [-0.1, -0.05) is 6.08 Å². The Bertz CT molecular complexity index is 141. The molecule has 2 N–H and O–H groups in total. The average molecular weight is 129 g/mol. The van der Waals surface area contributed by atoms with Gasteiger partial charge in [0.2, 0.25) is 0 Å². The van der Waals surface area contributed by atoms with Gasteiger partial charge in [-0.05, 0) is 0 Å². The van der Waals surface area contributed by atoms with Crippen molar-refractivity contribution < 1.29 is 14.3 Å². The maximum absolute atomic E-state index is 10.3.